The number of aryl methyl sites for hydroxylation is 1. The van der Waals surface area contributed by atoms with E-state index in [0.29, 0.717) is 0 Å². The first-order valence-electron chi connectivity index (χ1n) is 3.30. The molecule has 0 aliphatic carbocycles. The molecule has 2 aromatic heterocycles. The van der Waals surface area contributed by atoms with E-state index >= 15 is 0 Å². The lowest BCUT2D eigenvalue weighted by Crippen LogP contribution is -1.73. The second-order valence-corrected chi connectivity index (χ2v) is 3.37. The van der Waals surface area contributed by atoms with Crippen molar-refractivity contribution in [3.8, 4) is 5.75 Å². The predicted octanol–water partition coefficient (Wildman–Crippen LogP) is 2.31. The van der Waals surface area contributed by atoms with Gasteiger partial charge >= 0.3 is 0 Å². The van der Waals surface area contributed by atoms with E-state index in [-0.39, 0.29) is 5.75 Å². The lowest BCUT2D eigenvalue weighted by atomic mass is 10.3. The van der Waals surface area contributed by atoms with Crippen molar-refractivity contribution in [3.05, 3.63) is 23.2 Å². The Morgan fingerprint density at radius 2 is 2.36 bits per heavy atom. The summed E-state index contributed by atoms with van der Waals surface area (Å²) in [6, 6.07) is 1.74. The third kappa shape index (κ3) is 0.973. The van der Waals surface area contributed by atoms with Gasteiger partial charge in [-0.1, -0.05) is 0 Å². The van der Waals surface area contributed by atoms with Gasteiger partial charge in [-0.2, -0.15) is 0 Å². The summed E-state index contributed by atoms with van der Waals surface area (Å²) in [4.78, 5) is 4.10. The standard InChI is InChI=1S/C8H7NOS/c1-5-4-11-7-2-6(10)3-9-8(5)7/h2-4,10H,1H3. The van der Waals surface area contributed by atoms with Crippen LogP contribution in [-0.2, 0) is 0 Å². The number of pyridine rings is 1. The molecule has 0 aliphatic rings. The van der Waals surface area contributed by atoms with Crippen LogP contribution in [0.1, 0.15) is 5.56 Å². The van der Waals surface area contributed by atoms with Gasteiger partial charge in [0.1, 0.15) is 5.75 Å². The molecule has 2 rings (SSSR count). The second kappa shape index (κ2) is 2.20. The Bertz CT molecular complexity index is 394. The van der Waals surface area contributed by atoms with E-state index in [2.05, 4.69) is 4.98 Å². The van der Waals surface area contributed by atoms with Crippen molar-refractivity contribution in [2.75, 3.05) is 0 Å². The number of hydrogen-bond donors (Lipinski definition) is 1. The number of hydrogen-bond acceptors (Lipinski definition) is 3. The molecule has 0 fully saturated rings. The minimum atomic E-state index is 0.236. The van der Waals surface area contributed by atoms with Crippen molar-refractivity contribution in [1.29, 1.82) is 0 Å². The first-order valence-corrected chi connectivity index (χ1v) is 4.18. The van der Waals surface area contributed by atoms with Crippen molar-refractivity contribution in [2.24, 2.45) is 0 Å². The van der Waals surface area contributed by atoms with Crippen LogP contribution < -0.4 is 0 Å². The molecular formula is C8H7NOS. The van der Waals surface area contributed by atoms with Crippen molar-refractivity contribution in [1.82, 2.24) is 4.98 Å². The Balaban J connectivity index is 2.86. The molecule has 0 unspecified atom stereocenters. The van der Waals surface area contributed by atoms with Crippen molar-refractivity contribution in [2.45, 2.75) is 6.92 Å². The Kier molecular flexibility index (Phi) is 1.32. The number of aromatic nitrogens is 1. The lowest BCUT2D eigenvalue weighted by molar-refractivity contribution is 0.474. The molecule has 0 radical (unpaired) electrons. The zero-order chi connectivity index (χ0) is 7.84. The topological polar surface area (TPSA) is 33.1 Å². The number of nitrogens with zero attached hydrogens (tertiary/aromatic N) is 1. The molecular weight excluding hydrogens is 158 g/mol. The summed E-state index contributed by atoms with van der Waals surface area (Å²) in [7, 11) is 0. The minimum absolute atomic E-state index is 0.236. The van der Waals surface area contributed by atoms with Gasteiger partial charge < -0.3 is 5.11 Å². The Labute approximate surface area is 68.1 Å². The van der Waals surface area contributed by atoms with Crippen LogP contribution in [0.3, 0.4) is 0 Å². The quantitative estimate of drug-likeness (QED) is 0.649. The molecule has 0 saturated carbocycles. The predicted molar refractivity (Wildman–Crippen MR) is 46.0 cm³/mol. The average Bonchev–Trinajstić information content (AvgIpc) is 2.32. The Hall–Kier alpha value is -1.09. The van der Waals surface area contributed by atoms with Crippen molar-refractivity contribution >= 4 is 21.6 Å². The molecule has 2 nitrogen and oxygen atoms in total. The van der Waals surface area contributed by atoms with Crippen LogP contribution in [-0.4, -0.2) is 10.1 Å². The molecule has 0 atom stereocenters. The third-order valence-corrected chi connectivity index (χ3v) is 2.61. The maximum absolute atomic E-state index is 9.08. The monoisotopic (exact) mass is 165 g/mol. The van der Waals surface area contributed by atoms with Crippen LogP contribution >= 0.6 is 11.3 Å². The van der Waals surface area contributed by atoms with Gasteiger partial charge in [-0.15, -0.1) is 11.3 Å². The molecule has 2 heterocycles. The molecule has 0 aromatic carbocycles. The van der Waals surface area contributed by atoms with Crippen LogP contribution in [0.25, 0.3) is 10.2 Å². The molecule has 0 bridgehead atoms. The molecule has 11 heavy (non-hydrogen) atoms. The summed E-state index contributed by atoms with van der Waals surface area (Å²) in [6.45, 7) is 2.02. The molecule has 0 saturated heterocycles. The zero-order valence-corrected chi connectivity index (χ0v) is 6.85. The summed E-state index contributed by atoms with van der Waals surface area (Å²) >= 11 is 1.61. The highest BCUT2D eigenvalue weighted by atomic mass is 32.1. The summed E-state index contributed by atoms with van der Waals surface area (Å²) in [6.07, 6.45) is 1.47. The SMILES string of the molecule is Cc1csc2cc(O)cnc12. The van der Waals surface area contributed by atoms with Crippen molar-refractivity contribution < 1.29 is 5.11 Å². The van der Waals surface area contributed by atoms with E-state index in [4.69, 9.17) is 5.11 Å². The highest BCUT2D eigenvalue weighted by Crippen LogP contribution is 2.25. The molecule has 0 amide bonds. The smallest absolute Gasteiger partial charge is 0.135 e. The minimum Gasteiger partial charge on any atom is -0.506 e. The summed E-state index contributed by atoms with van der Waals surface area (Å²) in [5.74, 6) is 0.236. The van der Waals surface area contributed by atoms with Crippen LogP contribution in [0.4, 0.5) is 0 Å². The lowest BCUT2D eigenvalue weighted by Gasteiger charge is -1.90. The van der Waals surface area contributed by atoms with Crippen LogP contribution in [0.2, 0.25) is 0 Å². The van der Waals surface area contributed by atoms with Gasteiger partial charge in [-0.25, -0.2) is 0 Å². The highest BCUT2D eigenvalue weighted by Gasteiger charge is 2.00. The van der Waals surface area contributed by atoms with E-state index in [1.54, 1.807) is 17.4 Å². The van der Waals surface area contributed by atoms with Crippen LogP contribution in [0.15, 0.2) is 17.6 Å². The van der Waals surface area contributed by atoms with Gasteiger partial charge in [0, 0.05) is 6.07 Å². The zero-order valence-electron chi connectivity index (χ0n) is 6.03. The highest BCUT2D eigenvalue weighted by molar-refractivity contribution is 7.17. The summed E-state index contributed by atoms with van der Waals surface area (Å²) in [5, 5.41) is 11.1. The molecule has 3 heteroatoms. The molecule has 2 aromatic rings. The maximum Gasteiger partial charge on any atom is 0.135 e. The Morgan fingerprint density at radius 3 is 3.18 bits per heavy atom. The van der Waals surface area contributed by atoms with E-state index < -0.39 is 0 Å². The Morgan fingerprint density at radius 1 is 1.55 bits per heavy atom. The summed E-state index contributed by atoms with van der Waals surface area (Å²) < 4.78 is 1.04. The van der Waals surface area contributed by atoms with Crippen LogP contribution in [0, 0.1) is 6.92 Å². The third-order valence-electron chi connectivity index (χ3n) is 1.57. The number of aromatic hydroxyl groups is 1. The fourth-order valence-corrected chi connectivity index (χ4v) is 1.96. The second-order valence-electron chi connectivity index (χ2n) is 2.46. The van der Waals surface area contributed by atoms with E-state index in [1.807, 2.05) is 12.3 Å². The molecule has 0 aliphatic heterocycles. The number of rotatable bonds is 0. The molecule has 0 spiro atoms. The van der Waals surface area contributed by atoms with Crippen molar-refractivity contribution in [3.63, 3.8) is 0 Å². The van der Waals surface area contributed by atoms with Gasteiger partial charge in [-0.3, -0.25) is 4.98 Å². The van der Waals surface area contributed by atoms with Gasteiger partial charge in [0.15, 0.2) is 0 Å². The fraction of sp³-hybridized carbons (Fsp3) is 0.125. The normalized spacial score (nSPS) is 10.6. The summed E-state index contributed by atoms with van der Waals surface area (Å²) in [5.41, 5.74) is 2.16. The van der Waals surface area contributed by atoms with Gasteiger partial charge in [0.2, 0.25) is 0 Å². The first-order chi connectivity index (χ1) is 5.27. The van der Waals surface area contributed by atoms with E-state index in [0.717, 1.165) is 10.2 Å². The van der Waals surface area contributed by atoms with E-state index in [1.165, 1.54) is 11.8 Å². The van der Waals surface area contributed by atoms with E-state index in [9.17, 15) is 0 Å². The largest absolute Gasteiger partial charge is 0.506 e. The number of fused-ring (bicyclic) bond motifs is 1. The fourth-order valence-electron chi connectivity index (χ4n) is 1.03. The molecule has 1 N–H and O–H groups in total. The molecule has 56 valence electrons. The number of thiophene rings is 1. The van der Waals surface area contributed by atoms with Gasteiger partial charge in [0.25, 0.3) is 0 Å². The van der Waals surface area contributed by atoms with Crippen LogP contribution in [0.5, 0.6) is 5.75 Å². The maximum atomic E-state index is 9.08. The average molecular weight is 165 g/mol. The van der Waals surface area contributed by atoms with Gasteiger partial charge in [0.05, 0.1) is 16.4 Å². The first kappa shape index (κ1) is 6.61. The van der Waals surface area contributed by atoms with Gasteiger partial charge in [-0.05, 0) is 17.9 Å².